The molecule has 4 aliphatic rings. The lowest BCUT2D eigenvalue weighted by molar-refractivity contribution is -0.131. The van der Waals surface area contributed by atoms with E-state index in [9.17, 15) is 30.6 Å². The molecule has 0 aromatic heterocycles. The van der Waals surface area contributed by atoms with E-state index in [4.69, 9.17) is 68.9 Å². The van der Waals surface area contributed by atoms with Gasteiger partial charge in [-0.1, -0.05) is 190 Å². The van der Waals surface area contributed by atoms with Crippen molar-refractivity contribution in [2.75, 3.05) is 93.8 Å². The van der Waals surface area contributed by atoms with Crippen LogP contribution in [0.3, 0.4) is 0 Å². The molecule has 0 saturated heterocycles. The molecule has 9 aromatic rings. The minimum atomic E-state index is -0.905. The van der Waals surface area contributed by atoms with E-state index in [-0.39, 0.29) is 124 Å². The number of carbonyl (C=O) groups excluding carboxylic acids is 3. The van der Waals surface area contributed by atoms with Crippen LogP contribution in [0.4, 0.5) is 22.7 Å². The van der Waals surface area contributed by atoms with Crippen LogP contribution in [-0.2, 0) is 18.0 Å². The smallest absolute Gasteiger partial charge is 0.343 e. The molecule has 150 heavy (non-hydrogen) atoms. The molecule has 0 heterocycles. The Morgan fingerprint density at radius 3 is 1.08 bits per heavy atom. The van der Waals surface area contributed by atoms with E-state index in [1.807, 2.05) is 222 Å². The van der Waals surface area contributed by atoms with Crippen molar-refractivity contribution in [1.82, 2.24) is 0 Å². The molecule has 0 fully saturated rings. The van der Waals surface area contributed by atoms with E-state index in [1.54, 1.807) is 18.2 Å². The van der Waals surface area contributed by atoms with Gasteiger partial charge >= 0.3 is 17.9 Å². The van der Waals surface area contributed by atoms with Crippen molar-refractivity contribution in [3.05, 3.63) is 405 Å². The van der Waals surface area contributed by atoms with Crippen molar-refractivity contribution in [3.63, 3.8) is 0 Å². The van der Waals surface area contributed by atoms with Crippen molar-refractivity contribution < 1.29 is 57.0 Å². The average Bonchev–Trinajstić information content (AvgIpc) is 0.822. The number of esters is 3. The molecule has 1 atom stereocenters. The SMILES string of the molecule is [C-]#[N+]/C(C#N)=C1C=C(/C=C/c2ccc(N(C)CCOc3cc(COc4cc(OCc5cc(OCCNc6ccc(/C=C/C7=CC(=C(\C#N)[N+]#[C-])/CC(C)(C)C7)cc6)cc(OCCN(C)c6ccc(/C=C/C7=CC(=C(\C#N)[N+]#[C-])/CC(C)(C)C7)cc6)c5)cc(C(=O)Oc5cc(OC(C)=O)cc(C(=O)Oc6ccc(C(C)C)c(C)c6)c5)c4)cc(OCCN(C)c4ccc(/C=C/C5=CC(=C(\C#N)[N+]#[C-])/CC(C)(C)C5)cc4)c3)cc2)CC(C)C/1. The number of allylic oxidation sites excluding steroid dienone is 20. The molecule has 0 amide bonds. The number of carbonyl (C=O) groups is 3. The molecule has 0 saturated carbocycles. The van der Waals surface area contributed by atoms with Crippen molar-refractivity contribution in [2.45, 2.75) is 147 Å². The van der Waals surface area contributed by atoms with Gasteiger partial charge in [0.25, 0.3) is 22.8 Å². The zero-order valence-electron chi connectivity index (χ0n) is 87.5. The molecule has 13 rings (SSSR count). The van der Waals surface area contributed by atoms with E-state index >= 15 is 4.79 Å². The Hall–Kier alpha value is -17.8. The Morgan fingerprint density at radius 2 is 0.720 bits per heavy atom. The van der Waals surface area contributed by atoms with E-state index < -0.39 is 17.9 Å². The Labute approximate surface area is 881 Å². The summed E-state index contributed by atoms with van der Waals surface area (Å²) in [5.41, 5.74) is 18.1. The largest absolute Gasteiger partial charge is 0.492 e. The van der Waals surface area contributed by atoms with Crippen LogP contribution in [0.15, 0.2) is 304 Å². The second-order valence-corrected chi connectivity index (χ2v) is 40.8. The van der Waals surface area contributed by atoms with Crippen LogP contribution in [0.1, 0.15) is 192 Å². The van der Waals surface area contributed by atoms with Gasteiger partial charge < -0.3 is 62.6 Å². The van der Waals surface area contributed by atoms with Crippen molar-refractivity contribution >= 4 is 65.0 Å². The highest BCUT2D eigenvalue weighted by atomic mass is 16.6. The van der Waals surface area contributed by atoms with Gasteiger partial charge in [-0.3, -0.25) is 4.79 Å². The second-order valence-electron chi connectivity index (χ2n) is 40.8. The number of rotatable bonds is 40. The minimum absolute atomic E-state index is 0.0367. The zero-order valence-corrected chi connectivity index (χ0v) is 87.5. The molecule has 760 valence electrons. The molecule has 0 radical (unpaired) electrons. The van der Waals surface area contributed by atoms with Gasteiger partial charge in [0.1, 0.15) is 91.4 Å². The maximum Gasteiger partial charge on any atom is 0.343 e. The molecule has 24 nitrogen and oxygen atoms in total. The maximum absolute atomic E-state index is 15.1. The second kappa shape index (κ2) is 51.3. The lowest BCUT2D eigenvalue weighted by atomic mass is 9.74. The third-order valence-corrected chi connectivity index (χ3v) is 25.9. The fourth-order valence-electron chi connectivity index (χ4n) is 18.6. The molecule has 1 unspecified atom stereocenters. The molecule has 1 N–H and O–H groups in total. The van der Waals surface area contributed by atoms with Gasteiger partial charge in [0, 0.05) is 81.6 Å². The highest BCUT2D eigenvalue weighted by Gasteiger charge is 2.31. The van der Waals surface area contributed by atoms with Crippen LogP contribution in [0, 0.1) is 101 Å². The summed E-state index contributed by atoms with van der Waals surface area (Å²) in [4.78, 5) is 62.1. The topological polar surface area (TPSA) is 269 Å². The number of nitrogens with zero attached hydrogens (tertiary/aromatic N) is 11. The summed E-state index contributed by atoms with van der Waals surface area (Å²) >= 11 is 0. The monoisotopic (exact) mass is 2000 g/mol. The predicted octanol–water partition coefficient (Wildman–Crippen LogP) is 28.1. The van der Waals surface area contributed by atoms with Gasteiger partial charge in [-0.2, -0.15) is 0 Å². The van der Waals surface area contributed by atoms with Crippen LogP contribution in [-0.4, -0.2) is 91.7 Å². The standard InChI is InChI=1S/C126H124N12O12/c1-84(2)117-44-43-108(55-86(117)4)149-122(140)100-66-115(148-87(5)139)71-116(67-100)150-123(141)99-64-113(146-82-96-60-109(142-49-45-135-104-35-27-88(28-36-104)20-24-93-57-101(119(79-128)132-13)75-124(6,7)72-93)68-110(61-96)143-50-46-137(17)106-39-31-90(32-40-106)21-25-94-58-102(120(80-129)133-14)76-125(8,9)73-94)70-114(65-99)147-83-97-62-111(144-51-47-136(16)105-37-29-89(30-38-105)19-23-92-53-85(3)54-98(56-92)118(78-127)131-12)69-112(63-97)145-52-48-138(18)107-41-33-91(34-42-107)22-26-95-59-103(121(81-130)134-15)77-126(10,11)74-95/h19-44,55-71,84-85,135H,45-54,72-77,82-83H2,1-11,16-18H3/b23-19+,24-20+,25-21+,26-22+,118-98+,119-101-,120-102-,121-103-. The molecular weight excluding hydrogens is 1870 g/mol. The van der Waals surface area contributed by atoms with Gasteiger partial charge in [0.05, 0.1) is 81.3 Å². The molecule has 4 aliphatic carbocycles. The highest BCUT2D eigenvalue weighted by Crippen LogP contribution is 2.45. The third kappa shape index (κ3) is 32.1. The number of benzene rings is 9. The summed E-state index contributed by atoms with van der Waals surface area (Å²) in [5, 5.41) is 42.2. The number of hydrogen-bond acceptors (Lipinski definition) is 20. The Balaban J connectivity index is 0.777. The molecule has 0 bridgehead atoms. The van der Waals surface area contributed by atoms with Crippen LogP contribution in [0.2, 0.25) is 0 Å². The zero-order chi connectivity index (χ0) is 107. The fraction of sp³-hybridized carbons (Fsp3) is 0.294. The van der Waals surface area contributed by atoms with E-state index in [0.29, 0.717) is 91.9 Å². The molecule has 9 aromatic carbocycles. The van der Waals surface area contributed by atoms with Crippen LogP contribution < -0.4 is 62.6 Å². The van der Waals surface area contributed by atoms with Crippen LogP contribution in [0.5, 0.6) is 51.7 Å². The Morgan fingerprint density at radius 1 is 0.393 bits per heavy atom. The average molecular weight is 2000 g/mol. The number of nitrogens with one attached hydrogen (secondary N) is 1. The lowest BCUT2D eigenvalue weighted by Gasteiger charge is -2.30. The lowest BCUT2D eigenvalue weighted by Crippen LogP contribution is -2.24. The summed E-state index contributed by atoms with van der Waals surface area (Å²) in [5.74, 6) is 0.437. The van der Waals surface area contributed by atoms with Crippen LogP contribution >= 0.6 is 0 Å². The molecular formula is C126H124N12O12. The molecule has 24 heteroatoms. The maximum atomic E-state index is 15.1. The van der Waals surface area contributed by atoms with Gasteiger partial charge in [-0.05, 0) is 285 Å². The van der Waals surface area contributed by atoms with Crippen LogP contribution in [0.25, 0.3) is 43.7 Å². The van der Waals surface area contributed by atoms with Crippen molar-refractivity contribution in [3.8, 4) is 76.0 Å². The normalized spacial score (nSPS) is 16.3. The number of likely N-dealkylation sites (N-methyl/N-ethyl adjacent to an activating group) is 3. The third-order valence-electron chi connectivity index (χ3n) is 25.9. The Bertz CT molecular complexity index is 7260. The quantitative estimate of drug-likeness (QED) is 0.0123. The van der Waals surface area contributed by atoms with Crippen molar-refractivity contribution in [2.24, 2.45) is 22.2 Å². The summed E-state index contributed by atoms with van der Waals surface area (Å²) in [6.07, 6.45) is 30.1. The molecule has 0 aliphatic heterocycles. The number of ether oxygens (including phenoxy) is 9. The first-order valence-corrected chi connectivity index (χ1v) is 49.9. The minimum Gasteiger partial charge on any atom is -0.492 e. The number of nitriles is 4. The number of hydrogen-bond donors (Lipinski definition) is 1. The van der Waals surface area contributed by atoms with E-state index in [1.165, 1.54) is 37.3 Å². The first-order valence-electron chi connectivity index (χ1n) is 49.9. The van der Waals surface area contributed by atoms with E-state index in [2.05, 4.69) is 144 Å². The molecule has 0 spiro atoms. The van der Waals surface area contributed by atoms with Gasteiger partial charge in [0.2, 0.25) is 0 Å². The summed E-state index contributed by atoms with van der Waals surface area (Å²) in [7, 11) is 5.97. The predicted molar refractivity (Wildman–Crippen MR) is 590 cm³/mol. The summed E-state index contributed by atoms with van der Waals surface area (Å²) < 4.78 is 57.6. The number of aryl methyl sites for hydroxylation is 1. The van der Waals surface area contributed by atoms with Gasteiger partial charge in [-0.25, -0.2) is 50.0 Å². The van der Waals surface area contributed by atoms with Crippen molar-refractivity contribution in [1.29, 1.82) is 21.0 Å². The van der Waals surface area contributed by atoms with E-state index in [0.717, 1.165) is 126 Å². The first kappa shape index (κ1) is 109. The summed E-state index contributed by atoms with van der Waals surface area (Å²) in [6.45, 7) is 55.3. The number of anilines is 4. The first-order chi connectivity index (χ1) is 72.0. The summed E-state index contributed by atoms with van der Waals surface area (Å²) in [6, 6.07) is 65.9. The fourth-order valence-corrected chi connectivity index (χ4v) is 18.6. The van der Waals surface area contributed by atoms with Gasteiger partial charge in [-0.15, -0.1) is 0 Å². The Kier molecular flexibility index (Phi) is 37.4. The highest BCUT2D eigenvalue weighted by molar-refractivity contribution is 5.95. The van der Waals surface area contributed by atoms with Gasteiger partial charge in [0.15, 0.2) is 0 Å².